The van der Waals surface area contributed by atoms with Gasteiger partial charge in [0.05, 0.1) is 0 Å². The molecule has 0 saturated carbocycles. The van der Waals surface area contributed by atoms with Crippen LogP contribution in [-0.4, -0.2) is 29.2 Å². The number of nitrogens with zero attached hydrogens (tertiary/aromatic N) is 2. The van der Waals surface area contributed by atoms with Crippen LogP contribution in [0.3, 0.4) is 0 Å². The van der Waals surface area contributed by atoms with Crippen molar-refractivity contribution in [2.45, 2.75) is 13.3 Å². The van der Waals surface area contributed by atoms with Crippen LogP contribution < -0.4 is 10.6 Å². The van der Waals surface area contributed by atoms with E-state index in [-0.39, 0.29) is 5.91 Å². The largest absolute Gasteiger partial charge is 0.368 e. The maximum absolute atomic E-state index is 11.5. The lowest BCUT2D eigenvalue weighted by molar-refractivity contribution is 0.0950. The molecular formula is C13H16N4OS. The van der Waals surface area contributed by atoms with Gasteiger partial charge in [-0.25, -0.2) is 0 Å². The molecule has 0 aliphatic rings. The molecule has 0 fully saturated rings. The molecule has 19 heavy (non-hydrogen) atoms. The maximum atomic E-state index is 11.5. The Morgan fingerprint density at radius 2 is 2.21 bits per heavy atom. The second kappa shape index (κ2) is 6.84. The number of anilines is 1. The van der Waals surface area contributed by atoms with Crippen molar-refractivity contribution >= 4 is 23.1 Å². The molecule has 2 N–H and O–H groups in total. The summed E-state index contributed by atoms with van der Waals surface area (Å²) in [6, 6.07) is 5.55. The topological polar surface area (TPSA) is 66.9 Å². The van der Waals surface area contributed by atoms with Gasteiger partial charge in [-0.15, -0.1) is 10.2 Å². The zero-order chi connectivity index (χ0) is 13.5. The molecule has 1 amide bonds. The van der Waals surface area contributed by atoms with E-state index in [2.05, 4.69) is 37.7 Å². The van der Waals surface area contributed by atoms with Gasteiger partial charge in [0.1, 0.15) is 5.82 Å². The summed E-state index contributed by atoms with van der Waals surface area (Å²) in [6.45, 7) is 3.25. The molecule has 0 aliphatic heterocycles. The molecule has 0 spiro atoms. The maximum Gasteiger partial charge on any atom is 0.271 e. The molecular weight excluding hydrogens is 260 g/mol. The van der Waals surface area contributed by atoms with Crippen molar-refractivity contribution in [1.29, 1.82) is 0 Å². The number of aromatic nitrogens is 2. The predicted molar refractivity (Wildman–Crippen MR) is 76.6 cm³/mol. The normalized spacial score (nSPS) is 10.2. The molecule has 2 aromatic rings. The van der Waals surface area contributed by atoms with Gasteiger partial charge < -0.3 is 10.6 Å². The van der Waals surface area contributed by atoms with E-state index in [9.17, 15) is 4.79 Å². The summed E-state index contributed by atoms with van der Waals surface area (Å²) in [5.41, 5.74) is 1.65. The molecule has 0 saturated heterocycles. The van der Waals surface area contributed by atoms with E-state index in [4.69, 9.17) is 0 Å². The molecule has 0 unspecified atom stereocenters. The number of amides is 1. The second-order valence-electron chi connectivity index (χ2n) is 3.97. The summed E-state index contributed by atoms with van der Waals surface area (Å²) in [7, 11) is 0. The van der Waals surface area contributed by atoms with E-state index in [1.54, 1.807) is 23.5 Å². The standard InChI is InChI=1S/C13H16N4OS/c1-2-14-13(18)11-3-4-12(17-16-11)15-7-5-10-6-8-19-9-10/h3-4,6,8-9H,2,5,7H2,1H3,(H,14,18)(H,15,17). The minimum atomic E-state index is -0.195. The fourth-order valence-corrected chi connectivity index (χ4v) is 2.27. The van der Waals surface area contributed by atoms with Gasteiger partial charge in [0.25, 0.3) is 5.91 Å². The highest BCUT2D eigenvalue weighted by atomic mass is 32.1. The van der Waals surface area contributed by atoms with Gasteiger partial charge >= 0.3 is 0 Å². The van der Waals surface area contributed by atoms with Gasteiger partial charge in [-0.2, -0.15) is 11.3 Å². The van der Waals surface area contributed by atoms with Crippen LogP contribution in [0.15, 0.2) is 29.0 Å². The van der Waals surface area contributed by atoms with Gasteiger partial charge in [-0.05, 0) is 47.9 Å². The van der Waals surface area contributed by atoms with Gasteiger partial charge in [0, 0.05) is 13.1 Å². The van der Waals surface area contributed by atoms with Crippen molar-refractivity contribution in [1.82, 2.24) is 15.5 Å². The minimum absolute atomic E-state index is 0.195. The minimum Gasteiger partial charge on any atom is -0.368 e. The first-order chi connectivity index (χ1) is 9.29. The van der Waals surface area contributed by atoms with Crippen molar-refractivity contribution in [3.05, 3.63) is 40.2 Å². The first-order valence-electron chi connectivity index (χ1n) is 6.16. The van der Waals surface area contributed by atoms with E-state index in [0.29, 0.717) is 18.1 Å². The summed E-state index contributed by atoms with van der Waals surface area (Å²) in [5.74, 6) is 0.489. The second-order valence-corrected chi connectivity index (χ2v) is 4.75. The fraction of sp³-hybridized carbons (Fsp3) is 0.308. The molecule has 100 valence electrons. The third kappa shape index (κ3) is 4.03. The zero-order valence-electron chi connectivity index (χ0n) is 10.7. The summed E-state index contributed by atoms with van der Waals surface area (Å²) in [5, 5.41) is 17.9. The zero-order valence-corrected chi connectivity index (χ0v) is 11.5. The molecule has 6 heteroatoms. The van der Waals surface area contributed by atoms with Gasteiger partial charge in [0.15, 0.2) is 5.69 Å². The highest BCUT2D eigenvalue weighted by Gasteiger charge is 2.06. The van der Waals surface area contributed by atoms with E-state index in [0.717, 1.165) is 13.0 Å². The van der Waals surface area contributed by atoms with Crippen molar-refractivity contribution in [2.75, 3.05) is 18.4 Å². The van der Waals surface area contributed by atoms with Gasteiger partial charge in [-0.1, -0.05) is 0 Å². The third-order valence-electron chi connectivity index (χ3n) is 2.53. The molecule has 2 heterocycles. The number of thiophene rings is 1. The summed E-state index contributed by atoms with van der Waals surface area (Å²) < 4.78 is 0. The number of carbonyl (C=O) groups is 1. The number of carbonyl (C=O) groups excluding carboxylic acids is 1. The van der Waals surface area contributed by atoms with Gasteiger partial charge in [0.2, 0.25) is 0 Å². The van der Waals surface area contributed by atoms with Crippen molar-refractivity contribution in [3.63, 3.8) is 0 Å². The van der Waals surface area contributed by atoms with Crippen LogP contribution in [0.4, 0.5) is 5.82 Å². The first-order valence-corrected chi connectivity index (χ1v) is 7.10. The van der Waals surface area contributed by atoms with Crippen LogP contribution in [0, 0.1) is 0 Å². The van der Waals surface area contributed by atoms with Crippen LogP contribution in [0.2, 0.25) is 0 Å². The molecule has 5 nitrogen and oxygen atoms in total. The van der Waals surface area contributed by atoms with Gasteiger partial charge in [-0.3, -0.25) is 4.79 Å². The number of nitrogens with one attached hydrogen (secondary N) is 2. The molecule has 2 rings (SSSR count). The Labute approximate surface area is 116 Å². The Balaban J connectivity index is 1.83. The molecule has 0 aliphatic carbocycles. The highest BCUT2D eigenvalue weighted by Crippen LogP contribution is 2.07. The summed E-state index contributed by atoms with van der Waals surface area (Å²) in [4.78, 5) is 11.5. The van der Waals surface area contributed by atoms with Crippen LogP contribution in [0.5, 0.6) is 0 Å². The molecule has 0 atom stereocenters. The lowest BCUT2D eigenvalue weighted by Gasteiger charge is -2.05. The van der Waals surface area contributed by atoms with Crippen LogP contribution >= 0.6 is 11.3 Å². The molecule has 0 aromatic carbocycles. The number of hydrogen-bond acceptors (Lipinski definition) is 5. The quantitative estimate of drug-likeness (QED) is 0.846. The average molecular weight is 276 g/mol. The van der Waals surface area contributed by atoms with Crippen molar-refractivity contribution in [3.8, 4) is 0 Å². The highest BCUT2D eigenvalue weighted by molar-refractivity contribution is 7.07. The lowest BCUT2D eigenvalue weighted by Crippen LogP contribution is -2.24. The number of rotatable bonds is 6. The van der Waals surface area contributed by atoms with Crippen LogP contribution in [-0.2, 0) is 6.42 Å². The Hall–Kier alpha value is -1.95. The molecule has 0 bridgehead atoms. The summed E-state index contributed by atoms with van der Waals surface area (Å²) in [6.07, 6.45) is 0.948. The lowest BCUT2D eigenvalue weighted by atomic mass is 10.2. The van der Waals surface area contributed by atoms with Crippen LogP contribution in [0.1, 0.15) is 23.0 Å². The van der Waals surface area contributed by atoms with E-state index in [1.165, 1.54) is 5.56 Å². The average Bonchev–Trinajstić information content (AvgIpc) is 2.93. The Morgan fingerprint density at radius 1 is 1.32 bits per heavy atom. The van der Waals surface area contributed by atoms with Crippen LogP contribution in [0.25, 0.3) is 0 Å². The Bertz CT molecular complexity index is 510. The van der Waals surface area contributed by atoms with Crippen molar-refractivity contribution in [2.24, 2.45) is 0 Å². The monoisotopic (exact) mass is 276 g/mol. The van der Waals surface area contributed by atoms with E-state index >= 15 is 0 Å². The molecule has 0 radical (unpaired) electrons. The third-order valence-corrected chi connectivity index (χ3v) is 3.27. The first kappa shape index (κ1) is 13.5. The smallest absolute Gasteiger partial charge is 0.271 e. The van der Waals surface area contributed by atoms with Crippen molar-refractivity contribution < 1.29 is 4.79 Å². The number of hydrogen-bond donors (Lipinski definition) is 2. The van der Waals surface area contributed by atoms with E-state index in [1.807, 2.05) is 6.92 Å². The Morgan fingerprint density at radius 3 is 2.84 bits per heavy atom. The predicted octanol–water partition coefficient (Wildman–Crippen LogP) is 1.94. The molecule has 2 aromatic heterocycles. The van der Waals surface area contributed by atoms with E-state index < -0.39 is 0 Å². The Kier molecular flexibility index (Phi) is 4.85. The fourth-order valence-electron chi connectivity index (χ4n) is 1.57. The summed E-state index contributed by atoms with van der Waals surface area (Å²) >= 11 is 1.70. The SMILES string of the molecule is CCNC(=O)c1ccc(NCCc2ccsc2)nn1.